The van der Waals surface area contributed by atoms with Crippen molar-refractivity contribution in [2.45, 2.75) is 26.4 Å². The first-order valence-electron chi connectivity index (χ1n) is 6.33. The summed E-state index contributed by atoms with van der Waals surface area (Å²) in [5.41, 5.74) is 1.27. The third-order valence-electron chi connectivity index (χ3n) is 2.79. The number of hydrogen-bond donors (Lipinski definition) is 2. The number of likely N-dealkylation sites (N-methyl/N-ethyl adjacent to an activating group) is 1. The number of thiophene rings is 2. The summed E-state index contributed by atoms with van der Waals surface area (Å²) in [5, 5.41) is 10.3. The first-order valence-corrected chi connectivity index (χ1v) is 8.09. The van der Waals surface area contributed by atoms with Crippen LogP contribution in [0.3, 0.4) is 0 Å². The Morgan fingerprint density at radius 1 is 1.42 bits per heavy atom. The van der Waals surface area contributed by atoms with E-state index in [9.17, 15) is 4.79 Å². The Balaban J connectivity index is 1.89. The summed E-state index contributed by atoms with van der Waals surface area (Å²) in [5.74, 6) is 0.0533. The average Bonchev–Trinajstić information content (AvgIpc) is 3.06. The van der Waals surface area contributed by atoms with Crippen molar-refractivity contribution in [3.05, 3.63) is 33.8 Å². The predicted octanol–water partition coefficient (Wildman–Crippen LogP) is 3.09. The highest BCUT2D eigenvalue weighted by Crippen LogP contribution is 2.29. The normalized spacial score (nSPS) is 12.3. The number of hydrogen-bond acceptors (Lipinski definition) is 4. The minimum atomic E-state index is -0.160. The van der Waals surface area contributed by atoms with Crippen LogP contribution in [-0.4, -0.2) is 18.5 Å². The molecule has 5 heteroatoms. The van der Waals surface area contributed by atoms with Crippen molar-refractivity contribution >= 4 is 28.6 Å². The number of carbonyl (C=O) groups is 1. The van der Waals surface area contributed by atoms with Crippen LogP contribution >= 0.6 is 22.7 Å². The number of amides is 1. The number of rotatable bonds is 6. The molecule has 0 saturated carbocycles. The van der Waals surface area contributed by atoms with Crippen molar-refractivity contribution in [1.82, 2.24) is 10.6 Å². The summed E-state index contributed by atoms with van der Waals surface area (Å²) < 4.78 is 0. The maximum Gasteiger partial charge on any atom is 0.236 e. The van der Waals surface area contributed by atoms with Crippen molar-refractivity contribution < 1.29 is 4.79 Å². The van der Waals surface area contributed by atoms with Crippen LogP contribution in [0.25, 0.3) is 10.4 Å². The van der Waals surface area contributed by atoms with Crippen LogP contribution in [0.5, 0.6) is 0 Å². The van der Waals surface area contributed by atoms with Crippen LogP contribution in [0.1, 0.15) is 18.7 Å². The lowest BCUT2D eigenvalue weighted by molar-refractivity contribution is -0.122. The van der Waals surface area contributed by atoms with Crippen LogP contribution in [0.15, 0.2) is 29.0 Å². The van der Waals surface area contributed by atoms with Gasteiger partial charge in [0.05, 0.1) is 6.04 Å². The van der Waals surface area contributed by atoms with E-state index in [0.717, 1.165) is 6.54 Å². The topological polar surface area (TPSA) is 41.1 Å². The molecular formula is C14H18N2OS2. The molecule has 2 heterocycles. The van der Waals surface area contributed by atoms with Gasteiger partial charge in [-0.15, -0.1) is 22.7 Å². The van der Waals surface area contributed by atoms with E-state index in [4.69, 9.17) is 0 Å². The molecule has 0 radical (unpaired) electrons. The lowest BCUT2D eigenvalue weighted by Crippen LogP contribution is -2.41. The molecule has 1 amide bonds. The van der Waals surface area contributed by atoms with Gasteiger partial charge in [0.1, 0.15) is 0 Å². The minimum Gasteiger partial charge on any atom is -0.355 e. The molecule has 0 bridgehead atoms. The molecule has 0 saturated heterocycles. The van der Waals surface area contributed by atoms with E-state index in [1.807, 2.05) is 13.8 Å². The Kier molecular flexibility index (Phi) is 5.13. The standard InChI is InChI=1S/C14H18N2OS2/c1-3-15-14(17)10(2)16-8-12-7-11(9-19-12)13-5-4-6-18-13/h4-7,9-10,16H,3,8H2,1-2H3,(H,15,17). The second-order valence-electron chi connectivity index (χ2n) is 4.28. The molecule has 2 rings (SSSR count). The second kappa shape index (κ2) is 6.84. The maximum absolute atomic E-state index is 11.6. The van der Waals surface area contributed by atoms with Gasteiger partial charge in [-0.25, -0.2) is 0 Å². The molecule has 0 fully saturated rings. The summed E-state index contributed by atoms with van der Waals surface area (Å²) in [6.07, 6.45) is 0. The van der Waals surface area contributed by atoms with Gasteiger partial charge in [-0.3, -0.25) is 4.79 Å². The molecule has 0 aliphatic heterocycles. The van der Waals surface area contributed by atoms with E-state index in [2.05, 4.69) is 39.6 Å². The third-order valence-corrected chi connectivity index (χ3v) is 4.64. The van der Waals surface area contributed by atoms with Gasteiger partial charge in [0.15, 0.2) is 0 Å². The Hall–Kier alpha value is -1.17. The van der Waals surface area contributed by atoms with Gasteiger partial charge in [0.25, 0.3) is 0 Å². The molecule has 3 nitrogen and oxygen atoms in total. The summed E-state index contributed by atoms with van der Waals surface area (Å²) in [6, 6.07) is 6.22. The van der Waals surface area contributed by atoms with E-state index >= 15 is 0 Å². The molecule has 2 N–H and O–H groups in total. The molecule has 0 spiro atoms. The lowest BCUT2D eigenvalue weighted by atomic mass is 10.2. The SMILES string of the molecule is CCNC(=O)C(C)NCc1cc(-c2cccs2)cs1. The monoisotopic (exact) mass is 294 g/mol. The zero-order valence-electron chi connectivity index (χ0n) is 11.1. The summed E-state index contributed by atoms with van der Waals surface area (Å²) in [4.78, 5) is 14.1. The Labute approximate surface area is 121 Å². The molecule has 2 aromatic rings. The molecule has 19 heavy (non-hydrogen) atoms. The predicted molar refractivity (Wildman–Crippen MR) is 82.6 cm³/mol. The summed E-state index contributed by atoms with van der Waals surface area (Å²) >= 11 is 3.47. The zero-order valence-corrected chi connectivity index (χ0v) is 12.7. The van der Waals surface area contributed by atoms with E-state index in [1.165, 1.54) is 15.3 Å². The van der Waals surface area contributed by atoms with Crippen LogP contribution in [0.2, 0.25) is 0 Å². The second-order valence-corrected chi connectivity index (χ2v) is 6.22. The van der Waals surface area contributed by atoms with E-state index in [1.54, 1.807) is 22.7 Å². The highest BCUT2D eigenvalue weighted by atomic mass is 32.1. The van der Waals surface area contributed by atoms with Crippen molar-refractivity contribution in [3.8, 4) is 10.4 Å². The van der Waals surface area contributed by atoms with Crippen LogP contribution in [0.4, 0.5) is 0 Å². The van der Waals surface area contributed by atoms with Crippen LogP contribution in [0, 0.1) is 0 Å². The van der Waals surface area contributed by atoms with Crippen molar-refractivity contribution in [2.75, 3.05) is 6.54 Å². The molecular weight excluding hydrogens is 276 g/mol. The van der Waals surface area contributed by atoms with Gasteiger partial charge in [0.2, 0.25) is 5.91 Å². The molecule has 0 aromatic carbocycles. The Morgan fingerprint density at radius 2 is 2.26 bits per heavy atom. The molecule has 1 unspecified atom stereocenters. The largest absolute Gasteiger partial charge is 0.355 e. The van der Waals surface area contributed by atoms with Gasteiger partial charge < -0.3 is 10.6 Å². The van der Waals surface area contributed by atoms with E-state index in [0.29, 0.717) is 6.54 Å². The molecule has 1 atom stereocenters. The summed E-state index contributed by atoms with van der Waals surface area (Å²) in [7, 11) is 0. The van der Waals surface area contributed by atoms with Crippen molar-refractivity contribution in [2.24, 2.45) is 0 Å². The lowest BCUT2D eigenvalue weighted by Gasteiger charge is -2.12. The van der Waals surface area contributed by atoms with Gasteiger partial charge >= 0.3 is 0 Å². The minimum absolute atomic E-state index is 0.0533. The molecule has 102 valence electrons. The van der Waals surface area contributed by atoms with Gasteiger partial charge in [-0.05, 0) is 36.7 Å². The molecule has 2 aromatic heterocycles. The molecule has 0 aliphatic carbocycles. The number of nitrogens with one attached hydrogen (secondary N) is 2. The quantitative estimate of drug-likeness (QED) is 0.859. The van der Waals surface area contributed by atoms with Gasteiger partial charge in [-0.2, -0.15) is 0 Å². The smallest absolute Gasteiger partial charge is 0.236 e. The highest BCUT2D eigenvalue weighted by molar-refractivity contribution is 7.14. The zero-order chi connectivity index (χ0) is 13.7. The highest BCUT2D eigenvalue weighted by Gasteiger charge is 2.11. The van der Waals surface area contributed by atoms with E-state index < -0.39 is 0 Å². The van der Waals surface area contributed by atoms with Gasteiger partial charge in [-0.1, -0.05) is 6.07 Å². The first kappa shape index (κ1) is 14.2. The molecule has 0 aliphatic rings. The fraction of sp³-hybridized carbons (Fsp3) is 0.357. The first-order chi connectivity index (χ1) is 9.20. The third kappa shape index (κ3) is 3.89. The van der Waals surface area contributed by atoms with Crippen LogP contribution < -0.4 is 10.6 Å². The fourth-order valence-corrected chi connectivity index (χ4v) is 3.34. The van der Waals surface area contributed by atoms with E-state index in [-0.39, 0.29) is 11.9 Å². The van der Waals surface area contributed by atoms with Crippen LogP contribution in [-0.2, 0) is 11.3 Å². The maximum atomic E-state index is 11.6. The van der Waals surface area contributed by atoms with Gasteiger partial charge in [0, 0.05) is 28.4 Å². The fourth-order valence-electron chi connectivity index (χ4n) is 1.72. The summed E-state index contributed by atoms with van der Waals surface area (Å²) in [6.45, 7) is 5.22. The Bertz CT molecular complexity index is 519. The average molecular weight is 294 g/mol. The van der Waals surface area contributed by atoms with Crippen molar-refractivity contribution in [1.29, 1.82) is 0 Å². The van der Waals surface area contributed by atoms with Crippen molar-refractivity contribution in [3.63, 3.8) is 0 Å². The number of carbonyl (C=O) groups excluding carboxylic acids is 1. The Morgan fingerprint density at radius 3 is 2.95 bits per heavy atom.